The summed E-state index contributed by atoms with van der Waals surface area (Å²) in [6, 6.07) is 4.86. The summed E-state index contributed by atoms with van der Waals surface area (Å²) in [6.07, 6.45) is 0. The Labute approximate surface area is 183 Å². The second-order valence-corrected chi connectivity index (χ2v) is 7.84. The quantitative estimate of drug-likeness (QED) is 0.375. The molecule has 0 radical (unpaired) electrons. The van der Waals surface area contributed by atoms with Gasteiger partial charge in [0, 0.05) is 55.3 Å². The zero-order valence-electron chi connectivity index (χ0n) is 16.0. The molecule has 0 spiro atoms. The van der Waals surface area contributed by atoms with Gasteiger partial charge in [0.2, 0.25) is 0 Å². The first-order chi connectivity index (χ1) is 12.5. The van der Waals surface area contributed by atoms with Gasteiger partial charge in [-0.05, 0) is 19.1 Å². The highest BCUT2D eigenvalue weighted by Crippen LogP contribution is 2.26. The molecule has 2 saturated heterocycles. The average molecular weight is 511 g/mol. The molecule has 0 unspecified atom stereocenters. The van der Waals surface area contributed by atoms with Crippen molar-refractivity contribution in [1.82, 2.24) is 15.1 Å². The number of rotatable bonds is 5. The zero-order valence-corrected chi connectivity index (χ0v) is 19.1. The van der Waals surface area contributed by atoms with Gasteiger partial charge < -0.3 is 15.0 Å². The van der Waals surface area contributed by atoms with Gasteiger partial charge in [0.15, 0.2) is 5.96 Å². The van der Waals surface area contributed by atoms with Crippen LogP contribution in [-0.2, 0) is 11.3 Å². The Morgan fingerprint density at radius 1 is 1.30 bits per heavy atom. The Hall–Kier alpha value is -0.640. The summed E-state index contributed by atoms with van der Waals surface area (Å²) < 4.78 is 19.3. The third-order valence-corrected chi connectivity index (χ3v) is 5.32. The number of nitrogens with zero attached hydrogens (tertiary/aromatic N) is 3. The van der Waals surface area contributed by atoms with E-state index in [1.165, 1.54) is 6.07 Å². The first-order valence-corrected chi connectivity index (χ1v) is 9.65. The molecule has 5 nitrogen and oxygen atoms in total. The average Bonchev–Trinajstić information content (AvgIpc) is 2.61. The van der Waals surface area contributed by atoms with Crippen LogP contribution in [0, 0.1) is 11.2 Å². The minimum absolute atomic E-state index is 0. The maximum atomic E-state index is 14.0. The lowest BCUT2D eigenvalue weighted by Gasteiger charge is -2.39. The van der Waals surface area contributed by atoms with Crippen molar-refractivity contribution in [3.05, 3.63) is 34.6 Å². The van der Waals surface area contributed by atoms with Crippen molar-refractivity contribution in [1.29, 1.82) is 0 Å². The Kier molecular flexibility index (Phi) is 8.58. The van der Waals surface area contributed by atoms with E-state index in [4.69, 9.17) is 21.3 Å². The van der Waals surface area contributed by atoms with E-state index in [1.807, 2.05) is 0 Å². The highest BCUT2D eigenvalue weighted by Gasteiger charge is 2.33. The summed E-state index contributed by atoms with van der Waals surface area (Å²) in [6.45, 7) is 11.5. The van der Waals surface area contributed by atoms with Crippen LogP contribution in [0.2, 0.25) is 5.02 Å². The van der Waals surface area contributed by atoms with Gasteiger partial charge in [-0.25, -0.2) is 4.39 Å². The van der Waals surface area contributed by atoms with Crippen LogP contribution in [0.4, 0.5) is 4.39 Å². The first kappa shape index (κ1) is 22.6. The summed E-state index contributed by atoms with van der Waals surface area (Å²) >= 11 is 6.16. The lowest BCUT2D eigenvalue weighted by atomic mass is 9.89. The predicted octanol–water partition coefficient (Wildman–Crippen LogP) is 3.22. The second-order valence-electron chi connectivity index (χ2n) is 7.44. The fourth-order valence-electron chi connectivity index (χ4n) is 3.26. The first-order valence-electron chi connectivity index (χ1n) is 9.27. The molecule has 2 heterocycles. The molecular weight excluding hydrogens is 482 g/mol. The number of nitrogens with one attached hydrogen (secondary N) is 1. The van der Waals surface area contributed by atoms with Crippen molar-refractivity contribution in [2.24, 2.45) is 10.4 Å². The summed E-state index contributed by atoms with van der Waals surface area (Å²) in [7, 11) is 0. The van der Waals surface area contributed by atoms with E-state index < -0.39 is 0 Å². The van der Waals surface area contributed by atoms with E-state index in [-0.39, 0.29) is 35.2 Å². The lowest BCUT2D eigenvalue weighted by Crippen LogP contribution is -2.53. The molecule has 3 rings (SSSR count). The number of benzene rings is 1. The highest BCUT2D eigenvalue weighted by atomic mass is 127. The molecule has 1 N–H and O–H groups in total. The number of hydrogen-bond acceptors (Lipinski definition) is 3. The molecule has 8 heteroatoms. The van der Waals surface area contributed by atoms with Gasteiger partial charge in [-0.2, -0.15) is 0 Å². The maximum Gasteiger partial charge on any atom is 0.194 e. The minimum Gasteiger partial charge on any atom is -0.380 e. The molecule has 152 valence electrons. The molecule has 1 aromatic carbocycles. The number of ether oxygens (including phenoxy) is 1. The minimum atomic E-state index is -0.231. The smallest absolute Gasteiger partial charge is 0.194 e. The van der Waals surface area contributed by atoms with Crippen LogP contribution >= 0.6 is 35.6 Å². The van der Waals surface area contributed by atoms with E-state index in [9.17, 15) is 4.39 Å². The van der Waals surface area contributed by atoms with Crippen LogP contribution in [0.3, 0.4) is 0 Å². The molecule has 0 saturated carbocycles. The zero-order chi connectivity index (χ0) is 18.6. The fourth-order valence-corrected chi connectivity index (χ4v) is 3.48. The van der Waals surface area contributed by atoms with Crippen molar-refractivity contribution in [3.8, 4) is 0 Å². The van der Waals surface area contributed by atoms with Crippen LogP contribution in [0.15, 0.2) is 23.2 Å². The monoisotopic (exact) mass is 510 g/mol. The molecule has 0 amide bonds. The van der Waals surface area contributed by atoms with Gasteiger partial charge in [0.1, 0.15) is 5.82 Å². The number of halogens is 3. The second kappa shape index (κ2) is 10.2. The SMILES string of the molecule is CCNC(=NCC1(C)COC1)N1CCN(Cc2c(F)cccc2Cl)CC1.I. The van der Waals surface area contributed by atoms with Gasteiger partial charge in [0.05, 0.1) is 19.8 Å². The van der Waals surface area contributed by atoms with Crippen LogP contribution in [0.25, 0.3) is 0 Å². The molecule has 2 aliphatic rings. The Bertz CT molecular complexity index is 628. The number of guanidine groups is 1. The van der Waals surface area contributed by atoms with E-state index in [1.54, 1.807) is 12.1 Å². The van der Waals surface area contributed by atoms with Crippen molar-refractivity contribution in [2.75, 3.05) is 52.5 Å². The third-order valence-electron chi connectivity index (χ3n) is 4.96. The van der Waals surface area contributed by atoms with Crippen molar-refractivity contribution >= 4 is 41.5 Å². The molecule has 0 atom stereocenters. The van der Waals surface area contributed by atoms with Crippen LogP contribution < -0.4 is 5.32 Å². The molecule has 2 fully saturated rings. The van der Waals surface area contributed by atoms with Gasteiger partial charge in [-0.15, -0.1) is 24.0 Å². The van der Waals surface area contributed by atoms with E-state index in [0.29, 0.717) is 17.1 Å². The topological polar surface area (TPSA) is 40.1 Å². The molecule has 0 bridgehead atoms. The van der Waals surface area contributed by atoms with Gasteiger partial charge in [-0.1, -0.05) is 24.6 Å². The summed E-state index contributed by atoms with van der Waals surface area (Å²) in [5.74, 6) is 0.731. The van der Waals surface area contributed by atoms with Crippen LogP contribution in [0.1, 0.15) is 19.4 Å². The molecule has 1 aromatic rings. The molecular formula is C19H29ClFIN4O. The van der Waals surface area contributed by atoms with Gasteiger partial charge in [-0.3, -0.25) is 9.89 Å². The number of hydrogen-bond donors (Lipinski definition) is 1. The molecule has 27 heavy (non-hydrogen) atoms. The summed E-state index contributed by atoms with van der Waals surface area (Å²) in [4.78, 5) is 9.35. The lowest BCUT2D eigenvalue weighted by molar-refractivity contribution is -0.0946. The number of aliphatic imine (C=N–C) groups is 1. The Morgan fingerprint density at radius 2 is 2.00 bits per heavy atom. The Morgan fingerprint density at radius 3 is 2.56 bits per heavy atom. The molecule has 2 aliphatic heterocycles. The van der Waals surface area contributed by atoms with Crippen molar-refractivity contribution in [2.45, 2.75) is 20.4 Å². The van der Waals surface area contributed by atoms with E-state index in [0.717, 1.165) is 58.4 Å². The predicted molar refractivity (Wildman–Crippen MR) is 119 cm³/mol. The Balaban J connectivity index is 0.00000261. The fraction of sp³-hybridized carbons (Fsp3) is 0.632. The van der Waals surface area contributed by atoms with Crippen molar-refractivity contribution in [3.63, 3.8) is 0 Å². The van der Waals surface area contributed by atoms with Crippen molar-refractivity contribution < 1.29 is 9.13 Å². The van der Waals surface area contributed by atoms with Crippen LogP contribution in [0.5, 0.6) is 0 Å². The highest BCUT2D eigenvalue weighted by molar-refractivity contribution is 14.0. The van der Waals surface area contributed by atoms with Gasteiger partial charge >= 0.3 is 0 Å². The van der Waals surface area contributed by atoms with Gasteiger partial charge in [0.25, 0.3) is 0 Å². The summed E-state index contributed by atoms with van der Waals surface area (Å²) in [5.41, 5.74) is 0.755. The molecule has 0 aromatic heterocycles. The number of piperazine rings is 1. The normalized spacial score (nSPS) is 20.0. The summed E-state index contributed by atoms with van der Waals surface area (Å²) in [5, 5.41) is 3.89. The van der Waals surface area contributed by atoms with E-state index >= 15 is 0 Å². The standard InChI is InChI=1S/C19H28ClFN4O.HI/c1-3-22-18(23-12-19(2)13-26-14-19)25-9-7-24(8-10-25)11-15-16(20)5-4-6-17(15)21;/h4-6H,3,7-14H2,1-2H3,(H,22,23);1H. The molecule has 0 aliphatic carbocycles. The largest absolute Gasteiger partial charge is 0.380 e. The van der Waals surface area contributed by atoms with E-state index in [2.05, 4.69) is 29.0 Å². The maximum absolute atomic E-state index is 14.0. The third kappa shape index (κ3) is 5.92. The van der Waals surface area contributed by atoms with Crippen LogP contribution in [-0.4, -0.2) is 68.2 Å².